The number of carbonyl (C=O) groups is 2. The molecule has 1 aliphatic heterocycles. The van der Waals surface area contributed by atoms with Crippen LogP contribution in [0.2, 0.25) is 0 Å². The van der Waals surface area contributed by atoms with E-state index in [2.05, 4.69) is 6.92 Å². The second kappa shape index (κ2) is 7.21. The Bertz CT molecular complexity index is 1050. The maximum atomic E-state index is 13.2. The maximum absolute atomic E-state index is 13.2. The number of anilines is 1. The van der Waals surface area contributed by atoms with Gasteiger partial charge >= 0.3 is 0 Å². The van der Waals surface area contributed by atoms with Crippen LogP contribution in [0.15, 0.2) is 66.7 Å². The Hall–Kier alpha value is -2.98. The fourth-order valence-corrected chi connectivity index (χ4v) is 4.01. The van der Waals surface area contributed by atoms with Gasteiger partial charge in [0.1, 0.15) is 0 Å². The van der Waals surface area contributed by atoms with E-state index in [4.69, 9.17) is 0 Å². The van der Waals surface area contributed by atoms with E-state index in [-0.39, 0.29) is 12.2 Å². The smallest absolute Gasteiger partial charge is 0.264 e. The molecule has 3 aromatic rings. The third kappa shape index (κ3) is 2.90. The first-order valence-corrected chi connectivity index (χ1v) is 9.71. The molecule has 3 aromatic carbocycles. The molecule has 0 aliphatic carbocycles. The first-order chi connectivity index (χ1) is 13.6. The summed E-state index contributed by atoms with van der Waals surface area (Å²) in [5.41, 5.74) is -0.0686. The standard InChI is InChI=1S/C24H23NO3/c1-2-3-15-25-21-14-7-6-13-20(21)24(28,23(25)27)16-22(26)19-12-8-10-17-9-4-5-11-18(17)19/h4-14,28H,2-3,15-16H2,1H3/t24-/m0/s1. The van der Waals surface area contributed by atoms with Crippen molar-refractivity contribution in [3.8, 4) is 0 Å². The monoisotopic (exact) mass is 373 g/mol. The van der Waals surface area contributed by atoms with Crippen molar-refractivity contribution in [2.75, 3.05) is 11.4 Å². The summed E-state index contributed by atoms with van der Waals surface area (Å²) in [5, 5.41) is 13.2. The fraction of sp³-hybridized carbons (Fsp3) is 0.250. The molecule has 28 heavy (non-hydrogen) atoms. The maximum Gasteiger partial charge on any atom is 0.264 e. The molecule has 0 saturated carbocycles. The predicted octanol–water partition coefficient (Wildman–Crippen LogP) is 4.45. The van der Waals surface area contributed by atoms with Crippen molar-refractivity contribution in [2.24, 2.45) is 0 Å². The highest BCUT2D eigenvalue weighted by Crippen LogP contribution is 2.43. The third-order valence-corrected chi connectivity index (χ3v) is 5.48. The molecule has 142 valence electrons. The van der Waals surface area contributed by atoms with Gasteiger partial charge in [0.15, 0.2) is 11.4 Å². The van der Waals surface area contributed by atoms with Crippen LogP contribution in [-0.2, 0) is 10.4 Å². The minimum Gasteiger partial charge on any atom is -0.375 e. The molecule has 0 unspecified atom stereocenters. The Morgan fingerprint density at radius 3 is 2.54 bits per heavy atom. The summed E-state index contributed by atoms with van der Waals surface area (Å²) in [5.74, 6) is -0.643. The lowest BCUT2D eigenvalue weighted by molar-refractivity contribution is -0.135. The average Bonchev–Trinajstić information content (AvgIpc) is 2.93. The highest BCUT2D eigenvalue weighted by molar-refractivity contribution is 6.13. The number of carbonyl (C=O) groups excluding carboxylic acids is 2. The summed E-state index contributed by atoms with van der Waals surface area (Å²) in [4.78, 5) is 27.9. The summed E-state index contributed by atoms with van der Waals surface area (Å²) < 4.78 is 0. The van der Waals surface area contributed by atoms with Gasteiger partial charge in [-0.1, -0.05) is 74.0 Å². The number of ketones is 1. The van der Waals surface area contributed by atoms with Gasteiger partial charge in [0.25, 0.3) is 5.91 Å². The summed E-state index contributed by atoms with van der Waals surface area (Å²) in [6.45, 7) is 2.60. The van der Waals surface area contributed by atoms with Crippen molar-refractivity contribution in [3.63, 3.8) is 0 Å². The number of benzene rings is 3. The Balaban J connectivity index is 1.72. The van der Waals surface area contributed by atoms with Crippen molar-refractivity contribution >= 4 is 28.2 Å². The zero-order chi connectivity index (χ0) is 19.7. The molecule has 4 heteroatoms. The van der Waals surface area contributed by atoms with E-state index < -0.39 is 11.5 Å². The van der Waals surface area contributed by atoms with Crippen molar-refractivity contribution in [3.05, 3.63) is 77.9 Å². The van der Waals surface area contributed by atoms with Crippen LogP contribution < -0.4 is 4.90 Å². The molecule has 0 radical (unpaired) electrons. The number of nitrogens with zero attached hydrogens (tertiary/aromatic N) is 1. The predicted molar refractivity (Wildman–Crippen MR) is 110 cm³/mol. The molecule has 0 aromatic heterocycles. The first kappa shape index (κ1) is 18.4. The Labute approximate surface area is 164 Å². The van der Waals surface area contributed by atoms with Gasteiger partial charge in [0.05, 0.1) is 12.1 Å². The minimum absolute atomic E-state index is 0.236. The number of rotatable bonds is 6. The molecule has 1 aliphatic rings. The van der Waals surface area contributed by atoms with E-state index in [1.807, 2.05) is 48.5 Å². The van der Waals surface area contributed by atoms with Crippen LogP contribution >= 0.6 is 0 Å². The zero-order valence-corrected chi connectivity index (χ0v) is 15.9. The van der Waals surface area contributed by atoms with Gasteiger partial charge in [0, 0.05) is 17.7 Å². The van der Waals surface area contributed by atoms with E-state index >= 15 is 0 Å². The number of hydrogen-bond acceptors (Lipinski definition) is 3. The highest BCUT2D eigenvalue weighted by atomic mass is 16.3. The van der Waals surface area contributed by atoms with Gasteiger partial charge in [-0.3, -0.25) is 9.59 Å². The molecule has 1 amide bonds. The number of hydrogen-bond donors (Lipinski definition) is 1. The topological polar surface area (TPSA) is 57.6 Å². The van der Waals surface area contributed by atoms with Crippen LogP contribution in [0, 0.1) is 0 Å². The van der Waals surface area contributed by atoms with Crippen LogP contribution in [0.5, 0.6) is 0 Å². The Morgan fingerprint density at radius 1 is 1.00 bits per heavy atom. The normalized spacial score (nSPS) is 18.5. The molecule has 4 rings (SSSR count). The lowest BCUT2D eigenvalue weighted by Crippen LogP contribution is -2.42. The van der Waals surface area contributed by atoms with Crippen LogP contribution in [0.4, 0.5) is 5.69 Å². The van der Waals surface area contributed by atoms with E-state index in [1.54, 1.807) is 23.1 Å². The van der Waals surface area contributed by atoms with Crippen molar-refractivity contribution in [1.29, 1.82) is 0 Å². The minimum atomic E-state index is -1.82. The van der Waals surface area contributed by atoms with E-state index in [0.717, 1.165) is 23.6 Å². The fourth-order valence-electron chi connectivity index (χ4n) is 4.01. The SMILES string of the molecule is CCCCN1C(=O)[C@](O)(CC(=O)c2cccc3ccccc23)c2ccccc21. The molecule has 0 spiro atoms. The van der Waals surface area contributed by atoms with Gasteiger partial charge in [-0.15, -0.1) is 0 Å². The number of aliphatic hydroxyl groups is 1. The number of para-hydroxylation sites is 1. The van der Waals surface area contributed by atoms with E-state index in [9.17, 15) is 14.7 Å². The number of fused-ring (bicyclic) bond motifs is 2. The second-order valence-corrected chi connectivity index (χ2v) is 7.31. The molecular formula is C24H23NO3. The van der Waals surface area contributed by atoms with Gasteiger partial charge in [-0.05, 0) is 23.3 Å². The summed E-state index contributed by atoms with van der Waals surface area (Å²) in [6.07, 6.45) is 1.52. The molecule has 1 N–H and O–H groups in total. The molecule has 1 atom stereocenters. The van der Waals surface area contributed by atoms with Gasteiger partial charge < -0.3 is 10.0 Å². The number of Topliss-reactive ketones (excluding diaryl/α,β-unsaturated/α-hetero) is 1. The summed E-state index contributed by atoms with van der Waals surface area (Å²) >= 11 is 0. The number of unbranched alkanes of at least 4 members (excludes halogenated alkanes) is 1. The van der Waals surface area contributed by atoms with Crippen molar-refractivity contribution in [2.45, 2.75) is 31.8 Å². The summed E-state index contributed by atoms with van der Waals surface area (Å²) in [6, 6.07) is 20.4. The lowest BCUT2D eigenvalue weighted by atomic mass is 9.87. The molecule has 0 fully saturated rings. The Morgan fingerprint density at radius 2 is 1.71 bits per heavy atom. The molecule has 4 nitrogen and oxygen atoms in total. The van der Waals surface area contributed by atoms with Crippen LogP contribution in [0.3, 0.4) is 0 Å². The summed E-state index contributed by atoms with van der Waals surface area (Å²) in [7, 11) is 0. The van der Waals surface area contributed by atoms with E-state index in [0.29, 0.717) is 23.4 Å². The van der Waals surface area contributed by atoms with Crippen molar-refractivity contribution in [1.82, 2.24) is 0 Å². The van der Waals surface area contributed by atoms with Gasteiger partial charge in [-0.2, -0.15) is 0 Å². The molecular weight excluding hydrogens is 350 g/mol. The largest absolute Gasteiger partial charge is 0.375 e. The Kier molecular flexibility index (Phi) is 4.73. The lowest BCUT2D eigenvalue weighted by Gasteiger charge is -2.23. The van der Waals surface area contributed by atoms with Crippen LogP contribution in [0.25, 0.3) is 10.8 Å². The molecule has 0 saturated heterocycles. The second-order valence-electron chi connectivity index (χ2n) is 7.31. The highest BCUT2D eigenvalue weighted by Gasteiger charge is 2.50. The zero-order valence-electron chi connectivity index (χ0n) is 15.9. The average molecular weight is 373 g/mol. The van der Waals surface area contributed by atoms with Crippen molar-refractivity contribution < 1.29 is 14.7 Å². The third-order valence-electron chi connectivity index (χ3n) is 5.48. The van der Waals surface area contributed by atoms with Gasteiger partial charge in [-0.25, -0.2) is 0 Å². The van der Waals surface area contributed by atoms with E-state index in [1.165, 1.54) is 0 Å². The first-order valence-electron chi connectivity index (χ1n) is 9.71. The molecule has 1 heterocycles. The van der Waals surface area contributed by atoms with Crippen LogP contribution in [0.1, 0.15) is 42.1 Å². The molecule has 0 bridgehead atoms. The quantitative estimate of drug-likeness (QED) is 0.650. The van der Waals surface area contributed by atoms with Crippen LogP contribution in [-0.4, -0.2) is 23.3 Å². The number of amides is 1. The van der Waals surface area contributed by atoms with Gasteiger partial charge in [0.2, 0.25) is 0 Å².